The Balaban J connectivity index is 2.30. The Morgan fingerprint density at radius 1 is 1.58 bits per heavy atom. The second-order valence-corrected chi connectivity index (χ2v) is 4.75. The van der Waals surface area contributed by atoms with Crippen molar-refractivity contribution < 1.29 is 14.3 Å². The molecule has 0 aliphatic heterocycles. The topological polar surface area (TPSA) is 75.1 Å². The average molecular weight is 281 g/mol. The van der Waals surface area contributed by atoms with Crippen molar-refractivity contribution in [2.24, 2.45) is 0 Å². The Hall–Kier alpha value is -2.02. The molecule has 0 aromatic carbocycles. The highest BCUT2D eigenvalue weighted by Gasteiger charge is 2.23. The Morgan fingerprint density at radius 2 is 2.37 bits per heavy atom. The first kappa shape index (κ1) is 13.4. The van der Waals surface area contributed by atoms with Gasteiger partial charge in [0.05, 0.1) is 5.69 Å². The van der Waals surface area contributed by atoms with Crippen LogP contribution in [0.4, 0.5) is 10.2 Å². The molecule has 5 nitrogen and oxygen atoms in total. The van der Waals surface area contributed by atoms with E-state index in [0.29, 0.717) is 11.3 Å². The average Bonchev–Trinajstić information content (AvgIpc) is 2.90. The molecule has 100 valence electrons. The summed E-state index contributed by atoms with van der Waals surface area (Å²) in [4.78, 5) is 19.4. The minimum atomic E-state index is -1.08. The summed E-state index contributed by atoms with van der Waals surface area (Å²) in [5.41, 5.74) is 0.257. The van der Waals surface area contributed by atoms with Gasteiger partial charge in [0.2, 0.25) is 0 Å². The normalized spacial score (nSPS) is 12.1. The van der Waals surface area contributed by atoms with Gasteiger partial charge in [0.15, 0.2) is 17.7 Å². The fourth-order valence-corrected chi connectivity index (χ4v) is 2.37. The molecule has 0 aliphatic rings. The molecule has 0 bridgehead atoms. The Kier molecular flexibility index (Phi) is 4.06. The maximum absolute atomic E-state index is 14.0. The number of nitrogens with one attached hydrogen (secondary N) is 1. The number of hydrogen-bond acceptors (Lipinski definition) is 5. The monoisotopic (exact) mass is 281 g/mol. The van der Waals surface area contributed by atoms with Gasteiger partial charge >= 0.3 is 5.97 Å². The van der Waals surface area contributed by atoms with Gasteiger partial charge < -0.3 is 10.4 Å². The van der Waals surface area contributed by atoms with Crippen molar-refractivity contribution in [1.82, 2.24) is 9.97 Å². The summed E-state index contributed by atoms with van der Waals surface area (Å²) in [6, 6.07) is 2.40. The molecular formula is C12H12FN3O2S. The van der Waals surface area contributed by atoms with E-state index >= 15 is 0 Å². The Bertz CT molecular complexity index is 574. The molecule has 0 aliphatic carbocycles. The molecule has 2 rings (SSSR count). The quantitative estimate of drug-likeness (QED) is 0.880. The molecule has 19 heavy (non-hydrogen) atoms. The summed E-state index contributed by atoms with van der Waals surface area (Å²) < 4.78 is 14.0. The first-order chi connectivity index (χ1) is 9.13. The maximum atomic E-state index is 14.0. The fourth-order valence-electron chi connectivity index (χ4n) is 1.60. The first-order valence-electron chi connectivity index (χ1n) is 5.65. The number of aromatic nitrogens is 2. The van der Waals surface area contributed by atoms with Crippen molar-refractivity contribution in [2.75, 3.05) is 5.32 Å². The van der Waals surface area contributed by atoms with Crippen LogP contribution in [0.5, 0.6) is 0 Å². The van der Waals surface area contributed by atoms with Crippen LogP contribution in [0.3, 0.4) is 0 Å². The molecule has 0 fully saturated rings. The van der Waals surface area contributed by atoms with Crippen LogP contribution in [0.1, 0.15) is 23.5 Å². The van der Waals surface area contributed by atoms with E-state index in [-0.39, 0.29) is 11.5 Å². The molecule has 2 heterocycles. The minimum Gasteiger partial charge on any atom is -0.479 e. The lowest BCUT2D eigenvalue weighted by Gasteiger charge is -2.14. The predicted molar refractivity (Wildman–Crippen MR) is 69.7 cm³/mol. The van der Waals surface area contributed by atoms with Crippen molar-refractivity contribution in [2.45, 2.75) is 19.4 Å². The van der Waals surface area contributed by atoms with Crippen molar-refractivity contribution in [3.8, 4) is 0 Å². The zero-order valence-corrected chi connectivity index (χ0v) is 10.9. The van der Waals surface area contributed by atoms with E-state index in [4.69, 9.17) is 0 Å². The Morgan fingerprint density at radius 3 is 2.95 bits per heavy atom. The van der Waals surface area contributed by atoms with Gasteiger partial charge in [0, 0.05) is 4.88 Å². The second kappa shape index (κ2) is 5.75. The number of carboxylic acid groups (broad SMARTS) is 1. The van der Waals surface area contributed by atoms with Crippen molar-refractivity contribution in [3.63, 3.8) is 0 Å². The SMILES string of the molecule is CCc1ncnc(NC(C(=O)O)c2cccs2)c1F. The molecule has 2 N–H and O–H groups in total. The number of anilines is 1. The molecule has 0 radical (unpaired) electrons. The number of nitrogens with zero attached hydrogens (tertiary/aromatic N) is 2. The number of carboxylic acids is 1. The maximum Gasteiger partial charge on any atom is 0.331 e. The van der Waals surface area contributed by atoms with Crippen LogP contribution in [-0.2, 0) is 11.2 Å². The highest BCUT2D eigenvalue weighted by atomic mass is 32.1. The number of hydrogen-bond donors (Lipinski definition) is 2. The number of thiophene rings is 1. The molecule has 0 saturated carbocycles. The summed E-state index contributed by atoms with van der Waals surface area (Å²) >= 11 is 1.29. The van der Waals surface area contributed by atoms with Gasteiger partial charge in [-0.1, -0.05) is 13.0 Å². The lowest BCUT2D eigenvalue weighted by Crippen LogP contribution is -2.21. The standard InChI is InChI=1S/C12H12FN3O2S/c1-2-7-9(13)11(15-6-14-7)16-10(12(17)18)8-4-3-5-19-8/h3-6,10H,2H2,1H3,(H,17,18)(H,14,15,16). The molecule has 2 aromatic heterocycles. The van der Waals surface area contributed by atoms with Crippen LogP contribution < -0.4 is 5.32 Å². The van der Waals surface area contributed by atoms with Gasteiger partial charge in [-0.3, -0.25) is 0 Å². The number of carbonyl (C=O) groups is 1. The molecule has 0 spiro atoms. The minimum absolute atomic E-state index is 0.0901. The summed E-state index contributed by atoms with van der Waals surface area (Å²) in [5, 5.41) is 13.6. The number of rotatable bonds is 5. The number of aliphatic carboxylic acids is 1. The molecule has 0 saturated heterocycles. The van der Waals surface area contributed by atoms with Crippen LogP contribution >= 0.6 is 11.3 Å². The predicted octanol–water partition coefficient (Wildman–Crippen LogP) is 2.48. The molecule has 1 atom stereocenters. The van der Waals surface area contributed by atoms with Crippen molar-refractivity contribution in [1.29, 1.82) is 0 Å². The number of aryl methyl sites for hydroxylation is 1. The van der Waals surface area contributed by atoms with E-state index in [9.17, 15) is 14.3 Å². The third kappa shape index (κ3) is 2.87. The molecule has 7 heteroatoms. The van der Waals surface area contributed by atoms with Crippen LogP contribution in [0.25, 0.3) is 0 Å². The van der Waals surface area contributed by atoms with Gasteiger partial charge in [-0.05, 0) is 17.9 Å². The summed E-state index contributed by atoms with van der Waals surface area (Å²) in [7, 11) is 0. The second-order valence-electron chi connectivity index (χ2n) is 3.77. The Labute approximate surface area is 113 Å². The lowest BCUT2D eigenvalue weighted by molar-refractivity contribution is -0.138. The van der Waals surface area contributed by atoms with Gasteiger partial charge in [0.25, 0.3) is 0 Å². The van der Waals surface area contributed by atoms with Crippen molar-refractivity contribution >= 4 is 23.1 Å². The van der Waals surface area contributed by atoms with Gasteiger partial charge in [0.1, 0.15) is 6.33 Å². The van der Waals surface area contributed by atoms with E-state index in [2.05, 4.69) is 15.3 Å². The zero-order valence-electron chi connectivity index (χ0n) is 10.1. The summed E-state index contributed by atoms with van der Waals surface area (Å²) in [5.74, 6) is -1.78. The van der Waals surface area contributed by atoms with E-state index in [0.717, 1.165) is 0 Å². The highest BCUT2D eigenvalue weighted by molar-refractivity contribution is 7.10. The third-order valence-corrected chi connectivity index (χ3v) is 3.49. The van der Waals surface area contributed by atoms with Crippen LogP contribution in [-0.4, -0.2) is 21.0 Å². The fraction of sp³-hybridized carbons (Fsp3) is 0.250. The largest absolute Gasteiger partial charge is 0.479 e. The molecule has 0 amide bonds. The first-order valence-corrected chi connectivity index (χ1v) is 6.53. The third-order valence-electron chi connectivity index (χ3n) is 2.55. The smallest absolute Gasteiger partial charge is 0.331 e. The molecular weight excluding hydrogens is 269 g/mol. The zero-order chi connectivity index (χ0) is 13.8. The highest BCUT2D eigenvalue weighted by Crippen LogP contribution is 2.24. The molecule has 2 aromatic rings. The van der Waals surface area contributed by atoms with E-state index in [1.54, 1.807) is 24.4 Å². The van der Waals surface area contributed by atoms with Crippen LogP contribution in [0.15, 0.2) is 23.8 Å². The number of halogens is 1. The summed E-state index contributed by atoms with van der Waals surface area (Å²) in [6.45, 7) is 1.77. The molecule has 1 unspecified atom stereocenters. The van der Waals surface area contributed by atoms with E-state index in [1.807, 2.05) is 0 Å². The van der Waals surface area contributed by atoms with Crippen LogP contribution in [0.2, 0.25) is 0 Å². The van der Waals surface area contributed by atoms with E-state index in [1.165, 1.54) is 17.7 Å². The van der Waals surface area contributed by atoms with Gasteiger partial charge in [-0.2, -0.15) is 0 Å². The summed E-state index contributed by atoms with van der Waals surface area (Å²) in [6.07, 6.45) is 1.64. The van der Waals surface area contributed by atoms with Crippen molar-refractivity contribution in [3.05, 3.63) is 40.2 Å². The lowest BCUT2D eigenvalue weighted by atomic mass is 10.2. The van der Waals surface area contributed by atoms with Gasteiger partial charge in [-0.15, -0.1) is 11.3 Å². The van der Waals surface area contributed by atoms with Crippen LogP contribution in [0, 0.1) is 5.82 Å². The van der Waals surface area contributed by atoms with E-state index < -0.39 is 17.8 Å². The van der Waals surface area contributed by atoms with Gasteiger partial charge in [-0.25, -0.2) is 19.2 Å².